The molecule has 0 aliphatic heterocycles. The van der Waals surface area contributed by atoms with Crippen molar-refractivity contribution in [3.05, 3.63) is 48.0 Å². The fourth-order valence-electron chi connectivity index (χ4n) is 2.24. The largest absolute Gasteiger partial charge is 0.494 e. The van der Waals surface area contributed by atoms with E-state index in [0.717, 1.165) is 15.9 Å². The molecule has 0 saturated carbocycles. The summed E-state index contributed by atoms with van der Waals surface area (Å²) in [6, 6.07) is 13.2. The van der Waals surface area contributed by atoms with E-state index in [0.29, 0.717) is 16.4 Å². The summed E-state index contributed by atoms with van der Waals surface area (Å²) in [6.07, 6.45) is 0. The van der Waals surface area contributed by atoms with Crippen molar-refractivity contribution < 1.29 is 9.53 Å². The van der Waals surface area contributed by atoms with Gasteiger partial charge in [0.2, 0.25) is 0 Å². The van der Waals surface area contributed by atoms with Crippen LogP contribution in [0.25, 0.3) is 10.2 Å². The maximum absolute atomic E-state index is 12.4. The summed E-state index contributed by atoms with van der Waals surface area (Å²) in [4.78, 5) is 18.8. The van der Waals surface area contributed by atoms with Gasteiger partial charge in [-0.2, -0.15) is 0 Å². The molecule has 0 fully saturated rings. The molecule has 0 saturated heterocycles. The number of rotatable bonds is 4. The molecular weight excluding hydrogens is 310 g/mol. The molecule has 1 aromatic heterocycles. The van der Waals surface area contributed by atoms with Gasteiger partial charge in [0.05, 0.1) is 11.8 Å². The van der Waals surface area contributed by atoms with Gasteiger partial charge >= 0.3 is 0 Å². The van der Waals surface area contributed by atoms with Crippen LogP contribution in [-0.2, 0) is 0 Å². The molecular formula is C17H17N3O2S. The molecule has 23 heavy (non-hydrogen) atoms. The van der Waals surface area contributed by atoms with Gasteiger partial charge in [-0.05, 0) is 30.3 Å². The number of carbonyl (C=O) groups excluding carboxylic acids is 1. The van der Waals surface area contributed by atoms with E-state index < -0.39 is 0 Å². The first kappa shape index (κ1) is 15.3. The normalized spacial score (nSPS) is 10.6. The summed E-state index contributed by atoms with van der Waals surface area (Å²) in [6.45, 7) is 0. The van der Waals surface area contributed by atoms with E-state index in [-0.39, 0.29) is 5.91 Å². The number of amides is 1. The number of benzene rings is 2. The second kappa shape index (κ2) is 6.26. The number of fused-ring (bicyclic) bond motifs is 1. The Morgan fingerprint density at radius 3 is 2.74 bits per heavy atom. The van der Waals surface area contributed by atoms with Crippen LogP contribution in [0.2, 0.25) is 0 Å². The molecule has 0 unspecified atom stereocenters. The molecule has 1 heterocycles. The number of nitrogens with zero attached hydrogens (tertiary/aromatic N) is 2. The number of thiazole rings is 1. The van der Waals surface area contributed by atoms with E-state index in [1.807, 2.05) is 55.4 Å². The SMILES string of the molecule is COc1cccc2sc(NC(=O)c3cccc(N(C)C)c3)nc12. The quantitative estimate of drug-likeness (QED) is 0.795. The molecule has 1 amide bonds. The molecule has 0 bridgehead atoms. The van der Waals surface area contributed by atoms with Gasteiger partial charge in [0, 0.05) is 25.3 Å². The van der Waals surface area contributed by atoms with Gasteiger partial charge in [-0.15, -0.1) is 0 Å². The predicted octanol–water partition coefficient (Wildman–Crippen LogP) is 3.62. The number of anilines is 2. The average molecular weight is 327 g/mol. The Hall–Kier alpha value is -2.60. The maximum atomic E-state index is 12.4. The zero-order valence-electron chi connectivity index (χ0n) is 13.2. The molecule has 1 N–H and O–H groups in total. The molecule has 3 rings (SSSR count). The van der Waals surface area contributed by atoms with Crippen molar-refractivity contribution in [1.82, 2.24) is 4.98 Å². The zero-order chi connectivity index (χ0) is 16.4. The molecule has 118 valence electrons. The van der Waals surface area contributed by atoms with Crippen LogP contribution in [0.4, 0.5) is 10.8 Å². The molecule has 3 aromatic rings. The predicted molar refractivity (Wildman–Crippen MR) is 94.9 cm³/mol. The number of nitrogens with one attached hydrogen (secondary N) is 1. The minimum atomic E-state index is -0.174. The smallest absolute Gasteiger partial charge is 0.257 e. The highest BCUT2D eigenvalue weighted by atomic mass is 32.1. The Bertz CT molecular complexity index is 858. The minimum absolute atomic E-state index is 0.174. The van der Waals surface area contributed by atoms with Gasteiger partial charge < -0.3 is 9.64 Å². The van der Waals surface area contributed by atoms with Crippen LogP contribution in [0, 0.1) is 0 Å². The van der Waals surface area contributed by atoms with Crippen molar-refractivity contribution in [3.63, 3.8) is 0 Å². The Labute approximate surface area is 138 Å². The summed E-state index contributed by atoms with van der Waals surface area (Å²) in [5, 5.41) is 3.42. The minimum Gasteiger partial charge on any atom is -0.494 e. The van der Waals surface area contributed by atoms with Crippen LogP contribution < -0.4 is 15.0 Å². The van der Waals surface area contributed by atoms with Gasteiger partial charge in [-0.25, -0.2) is 4.98 Å². The van der Waals surface area contributed by atoms with Gasteiger partial charge in [-0.3, -0.25) is 10.1 Å². The van der Waals surface area contributed by atoms with Crippen LogP contribution in [0.3, 0.4) is 0 Å². The average Bonchev–Trinajstić information content (AvgIpc) is 2.97. The molecule has 0 aliphatic carbocycles. The van der Waals surface area contributed by atoms with Crippen molar-refractivity contribution in [2.45, 2.75) is 0 Å². The lowest BCUT2D eigenvalue weighted by Crippen LogP contribution is -2.14. The van der Waals surface area contributed by atoms with Crippen LogP contribution in [0.5, 0.6) is 5.75 Å². The van der Waals surface area contributed by atoms with E-state index in [4.69, 9.17) is 4.74 Å². The number of para-hydroxylation sites is 1. The highest BCUT2D eigenvalue weighted by molar-refractivity contribution is 7.22. The lowest BCUT2D eigenvalue weighted by Gasteiger charge is -2.13. The lowest BCUT2D eigenvalue weighted by molar-refractivity contribution is 0.102. The molecule has 0 atom stereocenters. The fourth-order valence-corrected chi connectivity index (χ4v) is 3.11. The summed E-state index contributed by atoms with van der Waals surface area (Å²) in [5.74, 6) is 0.528. The van der Waals surface area contributed by atoms with E-state index in [2.05, 4.69) is 10.3 Å². The Morgan fingerprint density at radius 1 is 1.22 bits per heavy atom. The number of aromatic nitrogens is 1. The van der Waals surface area contributed by atoms with Crippen molar-refractivity contribution in [2.75, 3.05) is 31.4 Å². The zero-order valence-corrected chi connectivity index (χ0v) is 14.0. The first-order chi connectivity index (χ1) is 11.1. The molecule has 2 aromatic carbocycles. The van der Waals surface area contributed by atoms with E-state index in [9.17, 15) is 4.79 Å². The van der Waals surface area contributed by atoms with Gasteiger partial charge in [0.25, 0.3) is 5.91 Å². The number of methoxy groups -OCH3 is 1. The lowest BCUT2D eigenvalue weighted by atomic mass is 10.2. The molecule has 0 radical (unpaired) electrons. The highest BCUT2D eigenvalue weighted by Crippen LogP contribution is 2.32. The maximum Gasteiger partial charge on any atom is 0.257 e. The van der Waals surface area contributed by atoms with E-state index >= 15 is 0 Å². The number of ether oxygens (including phenoxy) is 1. The first-order valence-corrected chi connectivity index (χ1v) is 7.92. The third kappa shape index (κ3) is 3.12. The molecule has 0 aliphatic rings. The third-order valence-corrected chi connectivity index (χ3v) is 4.38. The van der Waals surface area contributed by atoms with Crippen molar-refractivity contribution in [2.24, 2.45) is 0 Å². The second-order valence-corrected chi connectivity index (χ2v) is 6.26. The van der Waals surface area contributed by atoms with E-state index in [1.54, 1.807) is 13.2 Å². The van der Waals surface area contributed by atoms with Crippen LogP contribution in [-0.4, -0.2) is 32.1 Å². The van der Waals surface area contributed by atoms with Gasteiger partial charge in [0.15, 0.2) is 5.13 Å². The Balaban J connectivity index is 1.87. The molecule has 5 nitrogen and oxygen atoms in total. The first-order valence-electron chi connectivity index (χ1n) is 7.11. The highest BCUT2D eigenvalue weighted by Gasteiger charge is 2.12. The number of carbonyl (C=O) groups is 1. The summed E-state index contributed by atoms with van der Waals surface area (Å²) in [5.41, 5.74) is 2.34. The fraction of sp³-hybridized carbons (Fsp3) is 0.176. The van der Waals surface area contributed by atoms with Crippen molar-refractivity contribution in [1.29, 1.82) is 0 Å². The van der Waals surface area contributed by atoms with E-state index in [1.165, 1.54) is 11.3 Å². The topological polar surface area (TPSA) is 54.5 Å². The monoisotopic (exact) mass is 327 g/mol. The standard InChI is InChI=1S/C17H17N3O2S/c1-20(2)12-7-4-6-11(10-12)16(21)19-17-18-15-13(22-3)8-5-9-14(15)23-17/h4-10H,1-3H3,(H,18,19,21). The van der Waals surface area contributed by atoms with Crippen LogP contribution >= 0.6 is 11.3 Å². The van der Waals surface area contributed by atoms with Crippen LogP contribution in [0.15, 0.2) is 42.5 Å². The van der Waals surface area contributed by atoms with Crippen LogP contribution in [0.1, 0.15) is 10.4 Å². The summed E-state index contributed by atoms with van der Waals surface area (Å²) >= 11 is 1.43. The Morgan fingerprint density at radius 2 is 2.00 bits per heavy atom. The third-order valence-electron chi connectivity index (χ3n) is 3.45. The van der Waals surface area contributed by atoms with Crippen molar-refractivity contribution >= 4 is 38.3 Å². The number of hydrogen-bond donors (Lipinski definition) is 1. The summed E-state index contributed by atoms with van der Waals surface area (Å²) < 4.78 is 6.27. The summed E-state index contributed by atoms with van der Waals surface area (Å²) in [7, 11) is 5.49. The number of hydrogen-bond acceptors (Lipinski definition) is 5. The molecule has 6 heteroatoms. The van der Waals surface area contributed by atoms with Gasteiger partial charge in [-0.1, -0.05) is 23.5 Å². The van der Waals surface area contributed by atoms with Crippen molar-refractivity contribution in [3.8, 4) is 5.75 Å². The van der Waals surface area contributed by atoms with Gasteiger partial charge in [0.1, 0.15) is 11.3 Å². The Kier molecular flexibility index (Phi) is 4.16. The molecule has 0 spiro atoms. The second-order valence-electron chi connectivity index (χ2n) is 5.22.